The summed E-state index contributed by atoms with van der Waals surface area (Å²) in [5.41, 5.74) is 0.271. The summed E-state index contributed by atoms with van der Waals surface area (Å²) in [6, 6.07) is 0.547. The van der Waals surface area contributed by atoms with Crippen LogP contribution < -0.4 is 5.32 Å². The zero-order valence-corrected chi connectivity index (χ0v) is 8.43. The maximum Gasteiger partial charge on any atom is 0.0541 e. The van der Waals surface area contributed by atoms with Crippen molar-refractivity contribution in [3.8, 4) is 0 Å². The lowest BCUT2D eigenvalue weighted by molar-refractivity contribution is 0.0866. The minimum atomic E-state index is -0.0490. The van der Waals surface area contributed by atoms with Gasteiger partial charge in [-0.15, -0.1) is 0 Å². The van der Waals surface area contributed by atoms with E-state index in [-0.39, 0.29) is 11.6 Å². The van der Waals surface area contributed by atoms with E-state index in [1.165, 1.54) is 0 Å². The van der Waals surface area contributed by atoms with Gasteiger partial charge in [0.15, 0.2) is 0 Å². The van der Waals surface area contributed by atoms with Gasteiger partial charge in [0.2, 0.25) is 0 Å². The second-order valence-electron chi connectivity index (χ2n) is 4.59. The van der Waals surface area contributed by atoms with Crippen molar-refractivity contribution < 1.29 is 5.11 Å². The molecular formula is C10H21NO. The summed E-state index contributed by atoms with van der Waals surface area (Å²) in [7, 11) is 0. The van der Waals surface area contributed by atoms with E-state index in [9.17, 15) is 5.11 Å². The summed E-state index contributed by atoms with van der Waals surface area (Å²) >= 11 is 0. The van der Waals surface area contributed by atoms with Gasteiger partial charge in [0.05, 0.1) is 6.10 Å². The highest BCUT2D eigenvalue weighted by Crippen LogP contribution is 2.28. The monoisotopic (exact) mass is 171 g/mol. The topological polar surface area (TPSA) is 32.3 Å². The normalized spacial score (nSPS) is 37.2. The fourth-order valence-corrected chi connectivity index (χ4v) is 2.08. The Bertz CT molecular complexity index is 137. The van der Waals surface area contributed by atoms with Gasteiger partial charge in [-0.1, -0.05) is 13.8 Å². The van der Waals surface area contributed by atoms with Crippen LogP contribution in [0.2, 0.25) is 0 Å². The molecule has 72 valence electrons. The third-order valence-corrected chi connectivity index (χ3v) is 2.70. The molecule has 1 aliphatic rings. The standard InChI is InChI=1S/C10H21NO/c1-8(2)11-10(3)6-4-9(12)5-7-10/h8-9,11-12H,4-7H2,1-3H3. The van der Waals surface area contributed by atoms with Crippen LogP contribution >= 0.6 is 0 Å². The van der Waals surface area contributed by atoms with Gasteiger partial charge in [0.1, 0.15) is 0 Å². The summed E-state index contributed by atoms with van der Waals surface area (Å²) in [6.45, 7) is 6.62. The molecule has 0 amide bonds. The second kappa shape index (κ2) is 3.75. The van der Waals surface area contributed by atoms with Crippen LogP contribution in [0.5, 0.6) is 0 Å². The average Bonchev–Trinajstić information content (AvgIpc) is 1.94. The van der Waals surface area contributed by atoms with Gasteiger partial charge in [0.25, 0.3) is 0 Å². The Balaban J connectivity index is 2.39. The highest BCUT2D eigenvalue weighted by molar-refractivity contribution is 4.89. The Hall–Kier alpha value is -0.0800. The van der Waals surface area contributed by atoms with Gasteiger partial charge in [-0.2, -0.15) is 0 Å². The van der Waals surface area contributed by atoms with E-state index in [0.717, 1.165) is 25.7 Å². The van der Waals surface area contributed by atoms with Crippen molar-refractivity contribution in [1.82, 2.24) is 5.32 Å². The zero-order valence-electron chi connectivity index (χ0n) is 8.43. The van der Waals surface area contributed by atoms with Crippen molar-refractivity contribution in [2.75, 3.05) is 0 Å². The molecule has 0 spiro atoms. The Morgan fingerprint density at radius 3 is 2.25 bits per heavy atom. The van der Waals surface area contributed by atoms with Gasteiger partial charge < -0.3 is 10.4 Å². The molecule has 0 atom stereocenters. The largest absolute Gasteiger partial charge is 0.393 e. The number of aliphatic hydroxyl groups is 1. The number of rotatable bonds is 2. The molecule has 2 heteroatoms. The van der Waals surface area contributed by atoms with Gasteiger partial charge in [-0.05, 0) is 32.6 Å². The minimum absolute atomic E-state index is 0.0490. The van der Waals surface area contributed by atoms with E-state index in [2.05, 4.69) is 26.1 Å². The highest BCUT2D eigenvalue weighted by atomic mass is 16.3. The molecule has 0 aromatic rings. The van der Waals surface area contributed by atoms with Crippen molar-refractivity contribution in [3.05, 3.63) is 0 Å². The van der Waals surface area contributed by atoms with E-state index in [1.54, 1.807) is 0 Å². The summed E-state index contributed by atoms with van der Waals surface area (Å²) < 4.78 is 0. The Kier molecular flexibility index (Phi) is 3.13. The van der Waals surface area contributed by atoms with E-state index < -0.39 is 0 Å². The van der Waals surface area contributed by atoms with Crippen molar-refractivity contribution >= 4 is 0 Å². The van der Waals surface area contributed by atoms with E-state index in [1.807, 2.05) is 0 Å². The van der Waals surface area contributed by atoms with Crippen molar-refractivity contribution in [2.24, 2.45) is 0 Å². The first-order valence-corrected chi connectivity index (χ1v) is 4.98. The molecule has 0 unspecified atom stereocenters. The Morgan fingerprint density at radius 1 is 1.33 bits per heavy atom. The van der Waals surface area contributed by atoms with Crippen LogP contribution in [-0.2, 0) is 0 Å². The highest BCUT2D eigenvalue weighted by Gasteiger charge is 2.30. The first-order chi connectivity index (χ1) is 5.52. The predicted molar refractivity (Wildman–Crippen MR) is 51.2 cm³/mol. The molecule has 12 heavy (non-hydrogen) atoms. The van der Waals surface area contributed by atoms with Crippen LogP contribution in [0, 0.1) is 0 Å². The molecule has 0 heterocycles. The average molecular weight is 171 g/mol. The molecule has 0 aromatic carbocycles. The SMILES string of the molecule is CC(C)NC1(C)CCC(O)CC1. The molecule has 1 rings (SSSR count). The lowest BCUT2D eigenvalue weighted by Crippen LogP contribution is -2.49. The van der Waals surface area contributed by atoms with Crippen LogP contribution in [0.4, 0.5) is 0 Å². The lowest BCUT2D eigenvalue weighted by atomic mass is 9.81. The number of aliphatic hydroxyl groups excluding tert-OH is 1. The third-order valence-electron chi connectivity index (χ3n) is 2.70. The first-order valence-electron chi connectivity index (χ1n) is 4.98. The quantitative estimate of drug-likeness (QED) is 0.662. The molecule has 0 saturated heterocycles. The van der Waals surface area contributed by atoms with Crippen LogP contribution in [-0.4, -0.2) is 22.8 Å². The van der Waals surface area contributed by atoms with Crippen molar-refractivity contribution in [1.29, 1.82) is 0 Å². The molecule has 0 radical (unpaired) electrons. The van der Waals surface area contributed by atoms with E-state index in [0.29, 0.717) is 6.04 Å². The van der Waals surface area contributed by atoms with Gasteiger partial charge in [0, 0.05) is 11.6 Å². The molecule has 0 aromatic heterocycles. The molecular weight excluding hydrogens is 150 g/mol. The second-order valence-corrected chi connectivity index (χ2v) is 4.59. The first kappa shape index (κ1) is 10.0. The molecule has 0 bridgehead atoms. The fourth-order valence-electron chi connectivity index (χ4n) is 2.08. The van der Waals surface area contributed by atoms with E-state index >= 15 is 0 Å². The third kappa shape index (κ3) is 2.76. The number of nitrogens with one attached hydrogen (secondary N) is 1. The van der Waals surface area contributed by atoms with Gasteiger partial charge >= 0.3 is 0 Å². The zero-order chi connectivity index (χ0) is 9.19. The molecule has 2 N–H and O–H groups in total. The molecule has 0 aliphatic heterocycles. The fraction of sp³-hybridized carbons (Fsp3) is 1.00. The van der Waals surface area contributed by atoms with Crippen LogP contribution in [0.15, 0.2) is 0 Å². The maximum atomic E-state index is 9.35. The Labute approximate surface area is 75.4 Å². The summed E-state index contributed by atoms with van der Waals surface area (Å²) in [4.78, 5) is 0. The molecule has 2 nitrogen and oxygen atoms in total. The summed E-state index contributed by atoms with van der Waals surface area (Å²) in [5, 5.41) is 12.9. The van der Waals surface area contributed by atoms with Crippen LogP contribution in [0.3, 0.4) is 0 Å². The molecule has 1 saturated carbocycles. The maximum absolute atomic E-state index is 9.35. The van der Waals surface area contributed by atoms with E-state index in [4.69, 9.17) is 0 Å². The smallest absolute Gasteiger partial charge is 0.0541 e. The number of hydrogen-bond donors (Lipinski definition) is 2. The van der Waals surface area contributed by atoms with Crippen LogP contribution in [0.25, 0.3) is 0 Å². The summed E-state index contributed by atoms with van der Waals surface area (Å²) in [6.07, 6.45) is 4.07. The summed E-state index contributed by atoms with van der Waals surface area (Å²) in [5.74, 6) is 0. The predicted octanol–water partition coefficient (Wildman–Crippen LogP) is 1.68. The van der Waals surface area contributed by atoms with Crippen molar-refractivity contribution in [2.45, 2.75) is 64.1 Å². The van der Waals surface area contributed by atoms with Crippen molar-refractivity contribution in [3.63, 3.8) is 0 Å². The Morgan fingerprint density at radius 2 is 1.83 bits per heavy atom. The number of hydrogen-bond acceptors (Lipinski definition) is 2. The minimum Gasteiger partial charge on any atom is -0.393 e. The van der Waals surface area contributed by atoms with Gasteiger partial charge in [-0.25, -0.2) is 0 Å². The molecule has 1 aliphatic carbocycles. The van der Waals surface area contributed by atoms with Gasteiger partial charge in [-0.3, -0.25) is 0 Å². The molecule has 1 fully saturated rings. The lowest BCUT2D eigenvalue weighted by Gasteiger charge is -2.38. The van der Waals surface area contributed by atoms with Crippen LogP contribution in [0.1, 0.15) is 46.5 Å².